The van der Waals surface area contributed by atoms with Gasteiger partial charge < -0.3 is 5.32 Å². The number of nitrogens with one attached hydrogen (secondary N) is 1. The van der Waals surface area contributed by atoms with Gasteiger partial charge >= 0.3 is 0 Å². The molecule has 0 aliphatic heterocycles. The van der Waals surface area contributed by atoms with E-state index < -0.39 is 10.0 Å². The van der Waals surface area contributed by atoms with Crippen molar-refractivity contribution in [2.45, 2.75) is 57.5 Å². The molecule has 0 radical (unpaired) electrons. The van der Waals surface area contributed by atoms with Crippen molar-refractivity contribution in [3.05, 3.63) is 29.8 Å². The normalized spacial score (nSPS) is 15.1. The van der Waals surface area contributed by atoms with Crippen LogP contribution in [0.2, 0.25) is 0 Å². The van der Waals surface area contributed by atoms with Crippen LogP contribution in [0.15, 0.2) is 29.2 Å². The lowest BCUT2D eigenvalue weighted by Crippen LogP contribution is -2.34. The predicted octanol–water partition coefficient (Wildman–Crippen LogP) is 3.17. The SMILES string of the molecule is CCNC(CC)c1cccc(S(=O)(=O)N(C)C(C)CC)c1. The van der Waals surface area contributed by atoms with Gasteiger partial charge in [-0.3, -0.25) is 0 Å². The van der Waals surface area contributed by atoms with Gasteiger partial charge in [-0.1, -0.05) is 32.9 Å². The van der Waals surface area contributed by atoms with Gasteiger partial charge in [-0.05, 0) is 44.0 Å². The standard InChI is InChI=1S/C16H28N2O2S/c1-6-13(4)18(5)21(19,20)15-11-9-10-14(12-15)16(7-2)17-8-3/h9-13,16-17H,6-8H2,1-5H3. The summed E-state index contributed by atoms with van der Waals surface area (Å²) in [7, 11) is -1.77. The van der Waals surface area contributed by atoms with Crippen LogP contribution < -0.4 is 5.32 Å². The van der Waals surface area contributed by atoms with Gasteiger partial charge in [0, 0.05) is 19.1 Å². The van der Waals surface area contributed by atoms with E-state index in [0.717, 1.165) is 24.9 Å². The van der Waals surface area contributed by atoms with Gasteiger partial charge in [0.05, 0.1) is 4.90 Å². The molecule has 0 bridgehead atoms. The summed E-state index contributed by atoms with van der Waals surface area (Å²) in [5.74, 6) is 0. The molecule has 0 aliphatic carbocycles. The predicted molar refractivity (Wildman–Crippen MR) is 87.9 cm³/mol. The highest BCUT2D eigenvalue weighted by Crippen LogP contribution is 2.23. The van der Waals surface area contributed by atoms with Gasteiger partial charge in [-0.25, -0.2) is 8.42 Å². The third-order valence-corrected chi connectivity index (χ3v) is 5.98. The van der Waals surface area contributed by atoms with Gasteiger partial charge in [0.1, 0.15) is 0 Å². The highest BCUT2D eigenvalue weighted by Gasteiger charge is 2.25. The first kappa shape index (κ1) is 18.1. The Morgan fingerprint density at radius 1 is 1.19 bits per heavy atom. The molecule has 1 rings (SSSR count). The van der Waals surface area contributed by atoms with Gasteiger partial charge in [0.25, 0.3) is 0 Å². The molecule has 0 aliphatic rings. The largest absolute Gasteiger partial charge is 0.310 e. The Labute approximate surface area is 129 Å². The quantitative estimate of drug-likeness (QED) is 0.802. The first-order chi connectivity index (χ1) is 9.88. The van der Waals surface area contributed by atoms with Gasteiger partial charge in [0.2, 0.25) is 10.0 Å². The molecule has 120 valence electrons. The number of rotatable bonds is 8. The van der Waals surface area contributed by atoms with E-state index in [-0.39, 0.29) is 12.1 Å². The summed E-state index contributed by atoms with van der Waals surface area (Å²) in [6, 6.07) is 7.47. The molecule has 4 nitrogen and oxygen atoms in total. The van der Waals surface area contributed by atoms with Crippen LogP contribution in [0.3, 0.4) is 0 Å². The number of hydrogen-bond acceptors (Lipinski definition) is 3. The Hall–Kier alpha value is -0.910. The molecule has 21 heavy (non-hydrogen) atoms. The fraction of sp³-hybridized carbons (Fsp3) is 0.625. The van der Waals surface area contributed by atoms with E-state index in [9.17, 15) is 8.42 Å². The molecule has 0 heterocycles. The van der Waals surface area contributed by atoms with E-state index in [0.29, 0.717) is 4.90 Å². The second-order valence-electron chi connectivity index (χ2n) is 5.37. The molecule has 0 spiro atoms. The average Bonchev–Trinajstić information content (AvgIpc) is 2.51. The second-order valence-corrected chi connectivity index (χ2v) is 7.37. The topological polar surface area (TPSA) is 49.4 Å². The maximum atomic E-state index is 12.7. The Morgan fingerprint density at radius 3 is 2.38 bits per heavy atom. The number of sulfonamides is 1. The van der Waals surface area contributed by atoms with Crippen LogP contribution in [0.4, 0.5) is 0 Å². The summed E-state index contributed by atoms with van der Waals surface area (Å²) in [6.45, 7) is 8.93. The molecule has 5 heteroatoms. The van der Waals surface area contributed by atoms with Crippen LogP contribution in [0.5, 0.6) is 0 Å². The molecule has 0 fully saturated rings. The van der Waals surface area contributed by atoms with Crippen LogP contribution in [0.25, 0.3) is 0 Å². The van der Waals surface area contributed by atoms with Crippen molar-refractivity contribution in [3.63, 3.8) is 0 Å². The third kappa shape index (κ3) is 4.28. The van der Waals surface area contributed by atoms with Gasteiger partial charge in [-0.15, -0.1) is 0 Å². The van der Waals surface area contributed by atoms with Gasteiger partial charge in [-0.2, -0.15) is 4.31 Å². The van der Waals surface area contributed by atoms with E-state index in [1.54, 1.807) is 19.2 Å². The molecule has 0 saturated carbocycles. The van der Waals surface area contributed by atoms with Crippen LogP contribution in [0, 0.1) is 0 Å². The van der Waals surface area contributed by atoms with Crippen LogP contribution in [-0.2, 0) is 10.0 Å². The molecule has 2 unspecified atom stereocenters. The summed E-state index contributed by atoms with van der Waals surface area (Å²) in [5, 5.41) is 3.38. The molecular weight excluding hydrogens is 284 g/mol. The highest BCUT2D eigenvalue weighted by molar-refractivity contribution is 7.89. The molecular formula is C16H28N2O2S. The Kier molecular flexibility index (Phi) is 6.84. The molecule has 1 aromatic carbocycles. The zero-order chi connectivity index (χ0) is 16.0. The lowest BCUT2D eigenvalue weighted by Gasteiger charge is -2.24. The van der Waals surface area contributed by atoms with E-state index >= 15 is 0 Å². The summed E-state index contributed by atoms with van der Waals surface area (Å²) < 4.78 is 26.8. The monoisotopic (exact) mass is 312 g/mol. The molecule has 0 amide bonds. The van der Waals surface area contributed by atoms with Crippen molar-refractivity contribution in [2.24, 2.45) is 0 Å². The van der Waals surface area contributed by atoms with Gasteiger partial charge in [0.15, 0.2) is 0 Å². The zero-order valence-electron chi connectivity index (χ0n) is 13.8. The molecule has 1 N–H and O–H groups in total. The molecule has 0 saturated heterocycles. The molecule has 2 atom stereocenters. The third-order valence-electron chi connectivity index (χ3n) is 4.01. The Bertz CT molecular complexity index is 543. The fourth-order valence-corrected chi connectivity index (χ4v) is 3.79. The Morgan fingerprint density at radius 2 is 1.86 bits per heavy atom. The van der Waals surface area contributed by atoms with Crippen LogP contribution in [0.1, 0.15) is 52.1 Å². The first-order valence-corrected chi connectivity index (χ1v) is 9.13. The molecule has 0 aromatic heterocycles. The van der Waals surface area contributed by atoms with Crippen molar-refractivity contribution in [1.82, 2.24) is 9.62 Å². The smallest absolute Gasteiger partial charge is 0.243 e. The molecule has 1 aromatic rings. The minimum atomic E-state index is -3.42. The van der Waals surface area contributed by atoms with Crippen LogP contribution >= 0.6 is 0 Å². The number of benzene rings is 1. The maximum Gasteiger partial charge on any atom is 0.243 e. The zero-order valence-corrected chi connectivity index (χ0v) is 14.6. The maximum absolute atomic E-state index is 12.7. The number of hydrogen-bond donors (Lipinski definition) is 1. The lowest BCUT2D eigenvalue weighted by atomic mass is 10.0. The Balaban J connectivity index is 3.14. The minimum Gasteiger partial charge on any atom is -0.310 e. The van der Waals surface area contributed by atoms with E-state index in [1.807, 2.05) is 26.0 Å². The van der Waals surface area contributed by atoms with E-state index in [1.165, 1.54) is 4.31 Å². The summed E-state index contributed by atoms with van der Waals surface area (Å²) >= 11 is 0. The van der Waals surface area contributed by atoms with Crippen molar-refractivity contribution >= 4 is 10.0 Å². The van der Waals surface area contributed by atoms with Crippen molar-refractivity contribution < 1.29 is 8.42 Å². The minimum absolute atomic E-state index is 0.00519. The summed E-state index contributed by atoms with van der Waals surface area (Å²) in [6.07, 6.45) is 1.73. The fourth-order valence-electron chi connectivity index (χ4n) is 2.30. The van der Waals surface area contributed by atoms with E-state index in [4.69, 9.17) is 0 Å². The summed E-state index contributed by atoms with van der Waals surface area (Å²) in [5.41, 5.74) is 1.03. The highest BCUT2D eigenvalue weighted by atomic mass is 32.2. The van der Waals surface area contributed by atoms with Crippen LogP contribution in [-0.4, -0.2) is 32.4 Å². The number of nitrogens with zero attached hydrogens (tertiary/aromatic N) is 1. The lowest BCUT2D eigenvalue weighted by molar-refractivity contribution is 0.380. The van der Waals surface area contributed by atoms with Crippen molar-refractivity contribution in [1.29, 1.82) is 0 Å². The first-order valence-electron chi connectivity index (χ1n) is 7.69. The summed E-state index contributed by atoms with van der Waals surface area (Å²) in [4.78, 5) is 0.374. The van der Waals surface area contributed by atoms with Crippen molar-refractivity contribution in [3.8, 4) is 0 Å². The van der Waals surface area contributed by atoms with Crippen molar-refractivity contribution in [2.75, 3.05) is 13.6 Å². The van der Waals surface area contributed by atoms with E-state index in [2.05, 4.69) is 19.2 Å². The average molecular weight is 312 g/mol. The second kappa shape index (κ2) is 7.92.